The molecule has 1 saturated heterocycles. The van der Waals surface area contributed by atoms with E-state index < -0.39 is 0 Å². The lowest BCUT2D eigenvalue weighted by atomic mass is 9.74. The Kier molecular flexibility index (Phi) is 4.58. The zero-order valence-electron chi connectivity index (χ0n) is 11.4. The number of anilines is 1. The van der Waals surface area contributed by atoms with Gasteiger partial charge in [0.1, 0.15) is 4.60 Å². The fourth-order valence-electron chi connectivity index (χ4n) is 2.40. The third-order valence-corrected chi connectivity index (χ3v) is 4.36. The summed E-state index contributed by atoms with van der Waals surface area (Å²) in [6, 6.07) is 3.68. The number of hydrogen-bond acceptors (Lipinski definition) is 3. The van der Waals surface area contributed by atoms with Gasteiger partial charge in [-0.05, 0) is 59.9 Å². The quantitative estimate of drug-likeness (QED) is 0.840. The van der Waals surface area contributed by atoms with E-state index in [1.165, 1.54) is 0 Å². The van der Waals surface area contributed by atoms with Crippen molar-refractivity contribution in [3.8, 4) is 0 Å². The Morgan fingerprint density at radius 1 is 1.53 bits per heavy atom. The van der Waals surface area contributed by atoms with Crippen molar-refractivity contribution in [1.29, 1.82) is 0 Å². The lowest BCUT2D eigenvalue weighted by molar-refractivity contribution is -0.127. The number of piperidine rings is 1. The van der Waals surface area contributed by atoms with Crippen LogP contribution in [0.1, 0.15) is 26.7 Å². The number of halogens is 1. The predicted molar refractivity (Wildman–Crippen MR) is 79.9 cm³/mol. The van der Waals surface area contributed by atoms with Gasteiger partial charge in [-0.15, -0.1) is 0 Å². The van der Waals surface area contributed by atoms with E-state index >= 15 is 0 Å². The molecule has 19 heavy (non-hydrogen) atoms. The molecule has 0 aliphatic carbocycles. The molecule has 0 bridgehead atoms. The molecule has 5 heteroatoms. The average molecular weight is 326 g/mol. The summed E-state index contributed by atoms with van der Waals surface area (Å²) in [5, 5.41) is 6.33. The molecule has 2 heterocycles. The highest BCUT2D eigenvalue weighted by Crippen LogP contribution is 2.33. The maximum absolute atomic E-state index is 12.4. The predicted octanol–water partition coefficient (Wildman–Crippen LogP) is 2.81. The van der Waals surface area contributed by atoms with Crippen LogP contribution in [-0.4, -0.2) is 24.0 Å². The average Bonchev–Trinajstić information content (AvgIpc) is 2.42. The second kappa shape index (κ2) is 6.01. The van der Waals surface area contributed by atoms with E-state index in [2.05, 4.69) is 31.5 Å². The summed E-state index contributed by atoms with van der Waals surface area (Å²) in [5.41, 5.74) is 0.366. The van der Waals surface area contributed by atoms with Gasteiger partial charge >= 0.3 is 0 Å². The van der Waals surface area contributed by atoms with Crippen molar-refractivity contribution in [2.45, 2.75) is 26.7 Å². The highest BCUT2D eigenvalue weighted by atomic mass is 79.9. The molecule has 104 valence electrons. The van der Waals surface area contributed by atoms with Crippen molar-refractivity contribution in [2.75, 3.05) is 18.4 Å². The van der Waals surface area contributed by atoms with Crippen molar-refractivity contribution >= 4 is 27.5 Å². The van der Waals surface area contributed by atoms with Gasteiger partial charge in [-0.1, -0.05) is 13.8 Å². The normalized spacial score (nSPS) is 20.1. The van der Waals surface area contributed by atoms with Gasteiger partial charge in [-0.25, -0.2) is 4.98 Å². The molecule has 1 aromatic heterocycles. The Morgan fingerprint density at radius 3 is 2.89 bits per heavy atom. The number of pyridine rings is 1. The lowest BCUT2D eigenvalue weighted by Gasteiger charge is -2.36. The highest BCUT2D eigenvalue weighted by molar-refractivity contribution is 9.10. The monoisotopic (exact) mass is 325 g/mol. The molecule has 1 aliphatic rings. The molecule has 4 nitrogen and oxygen atoms in total. The Balaban J connectivity index is 2.03. The molecule has 0 aromatic carbocycles. The molecule has 0 radical (unpaired) electrons. The lowest BCUT2D eigenvalue weighted by Crippen LogP contribution is -2.44. The van der Waals surface area contributed by atoms with E-state index in [4.69, 9.17) is 0 Å². The van der Waals surface area contributed by atoms with Crippen LogP contribution in [0.2, 0.25) is 0 Å². The summed E-state index contributed by atoms with van der Waals surface area (Å²) in [6.07, 6.45) is 3.91. The van der Waals surface area contributed by atoms with Gasteiger partial charge in [0.2, 0.25) is 5.91 Å². The number of rotatable bonds is 3. The molecular weight excluding hydrogens is 306 g/mol. The summed E-state index contributed by atoms with van der Waals surface area (Å²) in [4.78, 5) is 16.6. The minimum absolute atomic E-state index is 0.0605. The molecule has 0 spiro atoms. The van der Waals surface area contributed by atoms with Crippen LogP contribution in [0.3, 0.4) is 0 Å². The van der Waals surface area contributed by atoms with Crippen molar-refractivity contribution in [2.24, 2.45) is 11.3 Å². The summed E-state index contributed by atoms with van der Waals surface area (Å²) >= 11 is 3.28. The van der Waals surface area contributed by atoms with Gasteiger partial charge in [0.25, 0.3) is 0 Å². The number of carbonyl (C=O) groups is 1. The molecular formula is C14H20BrN3O. The third kappa shape index (κ3) is 3.54. The second-order valence-electron chi connectivity index (χ2n) is 5.59. The SMILES string of the molecule is CC(C)(C(=O)Nc1ccc(Br)nc1)C1CCCNC1. The zero-order chi connectivity index (χ0) is 13.9. The largest absolute Gasteiger partial charge is 0.324 e. The first-order chi connectivity index (χ1) is 9.00. The minimum atomic E-state index is -0.375. The van der Waals surface area contributed by atoms with Gasteiger partial charge in [-0.2, -0.15) is 0 Å². The Bertz CT molecular complexity index is 439. The minimum Gasteiger partial charge on any atom is -0.324 e. The van der Waals surface area contributed by atoms with Gasteiger partial charge in [0, 0.05) is 5.41 Å². The number of nitrogens with zero attached hydrogens (tertiary/aromatic N) is 1. The van der Waals surface area contributed by atoms with E-state index in [1.54, 1.807) is 6.20 Å². The molecule has 1 unspecified atom stereocenters. The van der Waals surface area contributed by atoms with E-state index in [1.807, 2.05) is 26.0 Å². The van der Waals surface area contributed by atoms with E-state index in [0.29, 0.717) is 5.92 Å². The summed E-state index contributed by atoms with van der Waals surface area (Å²) in [6.45, 7) is 6.02. The number of nitrogens with one attached hydrogen (secondary N) is 2. The molecule has 1 atom stereocenters. The number of hydrogen-bond donors (Lipinski definition) is 2. The van der Waals surface area contributed by atoms with Crippen LogP contribution in [0.15, 0.2) is 22.9 Å². The maximum Gasteiger partial charge on any atom is 0.230 e. The van der Waals surface area contributed by atoms with Gasteiger partial charge in [-0.3, -0.25) is 4.79 Å². The van der Waals surface area contributed by atoms with Crippen LogP contribution >= 0.6 is 15.9 Å². The maximum atomic E-state index is 12.4. The van der Waals surface area contributed by atoms with Crippen molar-refractivity contribution in [3.05, 3.63) is 22.9 Å². The van der Waals surface area contributed by atoms with Crippen molar-refractivity contribution in [1.82, 2.24) is 10.3 Å². The van der Waals surface area contributed by atoms with Gasteiger partial charge < -0.3 is 10.6 Å². The standard InChI is InChI=1S/C14H20BrN3O/c1-14(2,10-4-3-7-16-8-10)13(19)18-11-5-6-12(15)17-9-11/h5-6,9-10,16H,3-4,7-8H2,1-2H3,(H,18,19). The van der Waals surface area contributed by atoms with Crippen LogP contribution < -0.4 is 10.6 Å². The number of amides is 1. The van der Waals surface area contributed by atoms with Gasteiger partial charge in [0.15, 0.2) is 0 Å². The molecule has 1 aromatic rings. The summed E-state index contributed by atoms with van der Waals surface area (Å²) in [7, 11) is 0. The molecule has 1 amide bonds. The molecule has 1 fully saturated rings. The van der Waals surface area contributed by atoms with E-state index in [9.17, 15) is 4.79 Å². The fourth-order valence-corrected chi connectivity index (χ4v) is 2.63. The Labute approximate surface area is 122 Å². The first kappa shape index (κ1) is 14.5. The Hall–Kier alpha value is -0.940. The van der Waals surface area contributed by atoms with E-state index in [-0.39, 0.29) is 11.3 Å². The third-order valence-electron chi connectivity index (χ3n) is 3.89. The molecule has 2 N–H and O–H groups in total. The summed E-state index contributed by atoms with van der Waals surface area (Å²) < 4.78 is 0.765. The van der Waals surface area contributed by atoms with Crippen LogP contribution in [0, 0.1) is 11.3 Å². The molecule has 0 saturated carbocycles. The summed E-state index contributed by atoms with van der Waals surface area (Å²) in [5.74, 6) is 0.440. The second-order valence-corrected chi connectivity index (χ2v) is 6.40. The number of carbonyl (C=O) groups excluding carboxylic acids is 1. The highest BCUT2D eigenvalue weighted by Gasteiger charge is 2.37. The Morgan fingerprint density at radius 2 is 2.32 bits per heavy atom. The van der Waals surface area contributed by atoms with Crippen LogP contribution in [0.4, 0.5) is 5.69 Å². The zero-order valence-corrected chi connectivity index (χ0v) is 13.0. The van der Waals surface area contributed by atoms with Crippen molar-refractivity contribution < 1.29 is 4.79 Å². The van der Waals surface area contributed by atoms with Crippen LogP contribution in [0.25, 0.3) is 0 Å². The first-order valence-corrected chi connectivity index (χ1v) is 7.43. The smallest absolute Gasteiger partial charge is 0.230 e. The molecule has 2 rings (SSSR count). The van der Waals surface area contributed by atoms with E-state index in [0.717, 1.165) is 36.2 Å². The first-order valence-electron chi connectivity index (χ1n) is 6.64. The van der Waals surface area contributed by atoms with Gasteiger partial charge in [0.05, 0.1) is 11.9 Å². The fraction of sp³-hybridized carbons (Fsp3) is 0.571. The molecule has 1 aliphatic heterocycles. The van der Waals surface area contributed by atoms with Crippen molar-refractivity contribution in [3.63, 3.8) is 0 Å². The topological polar surface area (TPSA) is 54.0 Å². The van der Waals surface area contributed by atoms with Crippen LogP contribution in [-0.2, 0) is 4.79 Å². The van der Waals surface area contributed by atoms with Crippen LogP contribution in [0.5, 0.6) is 0 Å². The number of aromatic nitrogens is 1.